The maximum Gasteiger partial charge on any atom is 0.123 e. The van der Waals surface area contributed by atoms with E-state index in [0.29, 0.717) is 0 Å². The number of pyridine rings is 1. The number of aryl methyl sites for hydroxylation is 2. The highest BCUT2D eigenvalue weighted by Gasteiger charge is 2.19. The maximum atomic E-state index is 13.6. The zero-order valence-corrected chi connectivity index (χ0v) is 12.3. The average Bonchev–Trinajstić information content (AvgIpc) is 2.87. The van der Waals surface area contributed by atoms with Crippen molar-refractivity contribution >= 4 is 10.9 Å². The molecule has 0 saturated heterocycles. The molecule has 4 rings (SSSR count). The number of hydrogen-bond acceptors (Lipinski definition) is 2. The molecule has 0 atom stereocenters. The van der Waals surface area contributed by atoms with E-state index in [1.165, 1.54) is 16.8 Å². The second-order valence-electron chi connectivity index (χ2n) is 5.78. The molecule has 1 aromatic carbocycles. The summed E-state index contributed by atoms with van der Waals surface area (Å²) in [4.78, 5) is 4.18. The largest absolute Gasteiger partial charge is 0.344 e. The van der Waals surface area contributed by atoms with Gasteiger partial charge in [0.05, 0.1) is 0 Å². The Hall–Kier alpha value is -2.20. The molecule has 1 aliphatic heterocycles. The summed E-state index contributed by atoms with van der Waals surface area (Å²) in [6.07, 6.45) is 5.65. The Bertz CT molecular complexity index is 808. The van der Waals surface area contributed by atoms with Crippen molar-refractivity contribution in [3.8, 4) is 0 Å². The van der Waals surface area contributed by atoms with E-state index in [9.17, 15) is 4.39 Å². The maximum absolute atomic E-state index is 13.6. The molecule has 3 aromatic rings. The summed E-state index contributed by atoms with van der Waals surface area (Å²) in [6, 6.07) is 9.21. The van der Waals surface area contributed by atoms with E-state index in [2.05, 4.69) is 20.9 Å². The van der Waals surface area contributed by atoms with Gasteiger partial charge in [-0.1, -0.05) is 6.07 Å². The van der Waals surface area contributed by atoms with Crippen LogP contribution in [0.15, 0.2) is 42.7 Å². The van der Waals surface area contributed by atoms with Gasteiger partial charge in [-0.2, -0.15) is 0 Å². The van der Waals surface area contributed by atoms with Crippen molar-refractivity contribution in [2.24, 2.45) is 0 Å². The number of nitrogens with one attached hydrogen (secondary N) is 1. The summed E-state index contributed by atoms with van der Waals surface area (Å²) in [5.41, 5.74) is 4.98. The van der Waals surface area contributed by atoms with Gasteiger partial charge in [0.2, 0.25) is 0 Å². The molecule has 0 aliphatic carbocycles. The molecule has 0 amide bonds. The molecular weight excluding hydrogens is 277 g/mol. The first kappa shape index (κ1) is 13.5. The van der Waals surface area contributed by atoms with Gasteiger partial charge in [0.15, 0.2) is 0 Å². The minimum Gasteiger partial charge on any atom is -0.344 e. The second-order valence-corrected chi connectivity index (χ2v) is 5.78. The van der Waals surface area contributed by atoms with Crippen LogP contribution in [0, 0.1) is 5.82 Å². The van der Waals surface area contributed by atoms with Crippen molar-refractivity contribution in [3.63, 3.8) is 0 Å². The third-order valence-corrected chi connectivity index (χ3v) is 4.44. The molecule has 0 saturated carbocycles. The van der Waals surface area contributed by atoms with Crippen LogP contribution in [0.5, 0.6) is 0 Å². The zero-order chi connectivity index (χ0) is 14.9. The topological polar surface area (TPSA) is 29.9 Å². The quantitative estimate of drug-likeness (QED) is 0.805. The smallest absolute Gasteiger partial charge is 0.123 e. The van der Waals surface area contributed by atoms with E-state index in [0.717, 1.165) is 43.4 Å². The van der Waals surface area contributed by atoms with E-state index in [1.54, 1.807) is 18.3 Å². The summed E-state index contributed by atoms with van der Waals surface area (Å²) in [7, 11) is 0. The van der Waals surface area contributed by atoms with Crippen LogP contribution < -0.4 is 5.32 Å². The lowest BCUT2D eigenvalue weighted by Gasteiger charge is -2.17. The molecule has 0 spiro atoms. The summed E-state index contributed by atoms with van der Waals surface area (Å²) in [6.45, 7) is 2.72. The van der Waals surface area contributed by atoms with E-state index in [4.69, 9.17) is 0 Å². The van der Waals surface area contributed by atoms with Gasteiger partial charge < -0.3 is 9.88 Å². The minimum absolute atomic E-state index is 0.162. The van der Waals surface area contributed by atoms with Crippen molar-refractivity contribution < 1.29 is 4.39 Å². The Morgan fingerprint density at radius 3 is 3.09 bits per heavy atom. The molecule has 4 heteroatoms. The molecule has 0 fully saturated rings. The van der Waals surface area contributed by atoms with Crippen molar-refractivity contribution in [1.82, 2.24) is 14.9 Å². The van der Waals surface area contributed by atoms with Gasteiger partial charge in [-0.15, -0.1) is 0 Å². The van der Waals surface area contributed by atoms with Crippen LogP contribution in [0.4, 0.5) is 4.39 Å². The fourth-order valence-corrected chi connectivity index (χ4v) is 3.39. The Balaban J connectivity index is 1.76. The van der Waals surface area contributed by atoms with Crippen LogP contribution in [0.25, 0.3) is 10.9 Å². The van der Waals surface area contributed by atoms with Crippen LogP contribution in [-0.4, -0.2) is 16.1 Å². The fraction of sp³-hybridized carbons (Fsp3) is 0.278. The minimum atomic E-state index is -0.162. The first-order valence-electron chi connectivity index (χ1n) is 7.72. The fourth-order valence-electron chi connectivity index (χ4n) is 3.39. The summed E-state index contributed by atoms with van der Waals surface area (Å²) in [5, 5.41) is 4.44. The number of aromatic nitrogens is 2. The van der Waals surface area contributed by atoms with Crippen molar-refractivity contribution in [2.75, 3.05) is 6.54 Å². The van der Waals surface area contributed by atoms with Gasteiger partial charge in [0.1, 0.15) is 5.82 Å². The van der Waals surface area contributed by atoms with Gasteiger partial charge >= 0.3 is 0 Å². The predicted octanol–water partition coefficient (Wildman–Crippen LogP) is 3.06. The van der Waals surface area contributed by atoms with Gasteiger partial charge in [-0.25, -0.2) is 4.39 Å². The number of hydrogen-bond donors (Lipinski definition) is 1. The SMILES string of the molecule is Fc1ccc2c(c1)c1c(n2CCc2cccnc2)CCNC1. The molecule has 1 N–H and O–H groups in total. The molecule has 0 bridgehead atoms. The number of rotatable bonds is 3. The lowest BCUT2D eigenvalue weighted by Crippen LogP contribution is -2.24. The van der Waals surface area contributed by atoms with Gasteiger partial charge in [-0.05, 0) is 41.8 Å². The normalized spacial score (nSPS) is 14.2. The molecule has 0 unspecified atom stereocenters. The molecular formula is C18H18FN3. The van der Waals surface area contributed by atoms with Crippen LogP contribution in [0.1, 0.15) is 16.8 Å². The molecule has 1 aliphatic rings. The van der Waals surface area contributed by atoms with Crippen molar-refractivity contribution in [3.05, 3.63) is 65.4 Å². The second kappa shape index (κ2) is 5.54. The van der Waals surface area contributed by atoms with Crippen LogP contribution in [0.3, 0.4) is 0 Å². The van der Waals surface area contributed by atoms with E-state index in [1.807, 2.05) is 18.3 Å². The summed E-state index contributed by atoms with van der Waals surface area (Å²) < 4.78 is 16.0. The highest BCUT2D eigenvalue weighted by Crippen LogP contribution is 2.29. The summed E-state index contributed by atoms with van der Waals surface area (Å²) >= 11 is 0. The van der Waals surface area contributed by atoms with E-state index < -0.39 is 0 Å². The van der Waals surface area contributed by atoms with Crippen molar-refractivity contribution in [2.45, 2.75) is 25.9 Å². The third kappa shape index (κ3) is 2.29. The Kier molecular flexibility index (Phi) is 3.39. The average molecular weight is 295 g/mol. The molecule has 3 heterocycles. The first-order valence-corrected chi connectivity index (χ1v) is 7.72. The van der Waals surface area contributed by atoms with Crippen LogP contribution >= 0.6 is 0 Å². The molecule has 22 heavy (non-hydrogen) atoms. The van der Waals surface area contributed by atoms with Gasteiger partial charge in [-0.3, -0.25) is 4.98 Å². The number of nitrogens with zero attached hydrogens (tertiary/aromatic N) is 2. The van der Waals surface area contributed by atoms with Crippen molar-refractivity contribution in [1.29, 1.82) is 0 Å². The van der Waals surface area contributed by atoms with Crippen LogP contribution in [-0.2, 0) is 25.9 Å². The summed E-state index contributed by atoms with van der Waals surface area (Å²) in [5.74, 6) is -0.162. The number of fused-ring (bicyclic) bond motifs is 3. The molecule has 0 radical (unpaired) electrons. The molecule has 3 nitrogen and oxygen atoms in total. The van der Waals surface area contributed by atoms with Crippen LogP contribution in [0.2, 0.25) is 0 Å². The Morgan fingerprint density at radius 2 is 2.23 bits per heavy atom. The highest BCUT2D eigenvalue weighted by molar-refractivity contribution is 5.86. The van der Waals surface area contributed by atoms with E-state index in [-0.39, 0.29) is 5.82 Å². The van der Waals surface area contributed by atoms with Gasteiger partial charge in [0, 0.05) is 55.0 Å². The number of halogens is 1. The molecule has 2 aromatic heterocycles. The third-order valence-electron chi connectivity index (χ3n) is 4.44. The zero-order valence-electron chi connectivity index (χ0n) is 12.3. The Labute approximate surface area is 128 Å². The monoisotopic (exact) mass is 295 g/mol. The van der Waals surface area contributed by atoms with Gasteiger partial charge in [0.25, 0.3) is 0 Å². The molecule has 112 valence electrons. The standard InChI is InChI=1S/C18H18FN3/c19-14-3-4-17-15(10-14)16-12-21-8-5-18(16)22(17)9-6-13-2-1-7-20-11-13/h1-4,7,10-11,21H,5-6,8-9,12H2. The lowest BCUT2D eigenvalue weighted by molar-refractivity contribution is 0.594. The predicted molar refractivity (Wildman–Crippen MR) is 85.2 cm³/mol. The first-order chi connectivity index (χ1) is 10.8. The highest BCUT2D eigenvalue weighted by atomic mass is 19.1. The van der Waals surface area contributed by atoms with E-state index >= 15 is 0 Å². The Morgan fingerprint density at radius 1 is 1.27 bits per heavy atom. The lowest BCUT2D eigenvalue weighted by atomic mass is 10.1. The number of benzene rings is 1.